The molecule has 1 aliphatic rings. The van der Waals surface area contributed by atoms with Crippen molar-refractivity contribution in [2.45, 2.75) is 31.8 Å². The summed E-state index contributed by atoms with van der Waals surface area (Å²) in [5.74, 6) is -0.175. The summed E-state index contributed by atoms with van der Waals surface area (Å²) in [6.07, 6.45) is 5.99. The molecule has 1 aliphatic heterocycles. The number of amides is 2. The molecular weight excluding hydrogens is 332 g/mol. The zero-order valence-corrected chi connectivity index (χ0v) is 14.9. The lowest BCUT2D eigenvalue weighted by molar-refractivity contribution is -0.137. The standard InChI is InChI=1S/C20H22N2O2S/c23-19(10-9-16-6-2-1-3-7-16)22(14-17-11-13-25-15-17)18-8-4-5-12-21-20(18)24/h1-3,6-7,9-11,13,15,18H,4-5,8,12,14H2,(H,21,24)/b10-9+. The smallest absolute Gasteiger partial charge is 0.247 e. The Morgan fingerprint density at radius 2 is 2.08 bits per heavy atom. The fourth-order valence-electron chi connectivity index (χ4n) is 2.97. The summed E-state index contributed by atoms with van der Waals surface area (Å²) in [4.78, 5) is 27.0. The SMILES string of the molecule is O=C1NCCCCC1N(Cc1ccsc1)C(=O)/C=C/c1ccccc1. The molecule has 2 amide bonds. The van der Waals surface area contributed by atoms with Crippen LogP contribution in [0.2, 0.25) is 0 Å². The van der Waals surface area contributed by atoms with E-state index < -0.39 is 6.04 Å². The first kappa shape index (κ1) is 17.4. The summed E-state index contributed by atoms with van der Waals surface area (Å²) < 4.78 is 0. The first-order valence-electron chi connectivity index (χ1n) is 8.56. The van der Waals surface area contributed by atoms with Crippen molar-refractivity contribution >= 4 is 29.2 Å². The number of benzene rings is 1. The molecule has 5 heteroatoms. The van der Waals surface area contributed by atoms with Gasteiger partial charge >= 0.3 is 0 Å². The number of thiophene rings is 1. The highest BCUT2D eigenvalue weighted by Crippen LogP contribution is 2.18. The lowest BCUT2D eigenvalue weighted by atomic mass is 10.1. The average molecular weight is 354 g/mol. The van der Waals surface area contributed by atoms with Crippen LogP contribution in [0, 0.1) is 0 Å². The Bertz CT molecular complexity index is 725. The fourth-order valence-corrected chi connectivity index (χ4v) is 3.63. The van der Waals surface area contributed by atoms with Gasteiger partial charge in [-0.2, -0.15) is 11.3 Å². The van der Waals surface area contributed by atoms with Crippen LogP contribution in [0.3, 0.4) is 0 Å². The number of nitrogens with one attached hydrogen (secondary N) is 1. The van der Waals surface area contributed by atoms with Gasteiger partial charge < -0.3 is 10.2 Å². The van der Waals surface area contributed by atoms with Crippen molar-refractivity contribution in [3.8, 4) is 0 Å². The number of nitrogens with zero attached hydrogens (tertiary/aromatic N) is 1. The lowest BCUT2D eigenvalue weighted by Crippen LogP contribution is -2.47. The Balaban J connectivity index is 1.80. The maximum atomic E-state index is 12.9. The highest BCUT2D eigenvalue weighted by molar-refractivity contribution is 7.07. The molecule has 1 atom stereocenters. The van der Waals surface area contributed by atoms with E-state index in [4.69, 9.17) is 0 Å². The first-order valence-corrected chi connectivity index (χ1v) is 9.51. The Kier molecular flexibility index (Phi) is 6.01. The van der Waals surface area contributed by atoms with Crippen LogP contribution in [0.15, 0.2) is 53.2 Å². The zero-order chi connectivity index (χ0) is 17.5. The van der Waals surface area contributed by atoms with Gasteiger partial charge in [0.2, 0.25) is 11.8 Å². The Hall–Kier alpha value is -2.40. The highest BCUT2D eigenvalue weighted by Gasteiger charge is 2.29. The molecule has 3 rings (SSSR count). The van der Waals surface area contributed by atoms with E-state index in [1.54, 1.807) is 28.4 Å². The van der Waals surface area contributed by atoms with Gasteiger partial charge in [0.25, 0.3) is 0 Å². The van der Waals surface area contributed by atoms with Crippen molar-refractivity contribution in [3.05, 3.63) is 64.4 Å². The quantitative estimate of drug-likeness (QED) is 0.836. The molecule has 0 spiro atoms. The summed E-state index contributed by atoms with van der Waals surface area (Å²) in [6, 6.07) is 11.3. The number of hydrogen-bond acceptors (Lipinski definition) is 3. The van der Waals surface area contributed by atoms with E-state index in [1.807, 2.05) is 47.2 Å². The Morgan fingerprint density at radius 3 is 2.84 bits per heavy atom. The summed E-state index contributed by atoms with van der Waals surface area (Å²) in [6.45, 7) is 1.15. The molecule has 0 bridgehead atoms. The summed E-state index contributed by atoms with van der Waals surface area (Å²) in [5, 5.41) is 6.94. The van der Waals surface area contributed by atoms with Crippen molar-refractivity contribution in [2.24, 2.45) is 0 Å². The van der Waals surface area contributed by atoms with Crippen molar-refractivity contribution in [1.29, 1.82) is 0 Å². The van der Waals surface area contributed by atoms with Crippen LogP contribution in [0.1, 0.15) is 30.4 Å². The van der Waals surface area contributed by atoms with E-state index in [0.29, 0.717) is 19.5 Å². The largest absolute Gasteiger partial charge is 0.354 e. The number of hydrogen-bond donors (Lipinski definition) is 1. The molecule has 1 aromatic heterocycles. The molecule has 130 valence electrons. The highest BCUT2D eigenvalue weighted by atomic mass is 32.1. The third-order valence-electron chi connectivity index (χ3n) is 4.32. The summed E-state index contributed by atoms with van der Waals surface area (Å²) in [5.41, 5.74) is 2.03. The van der Waals surface area contributed by atoms with Crippen LogP contribution in [-0.4, -0.2) is 29.3 Å². The van der Waals surface area contributed by atoms with E-state index in [9.17, 15) is 9.59 Å². The molecular formula is C20H22N2O2S. The molecule has 1 saturated heterocycles. The predicted molar refractivity (Wildman–Crippen MR) is 101 cm³/mol. The third-order valence-corrected chi connectivity index (χ3v) is 5.05. The summed E-state index contributed by atoms with van der Waals surface area (Å²) in [7, 11) is 0. The van der Waals surface area contributed by atoms with Crippen LogP contribution < -0.4 is 5.32 Å². The van der Waals surface area contributed by atoms with Gasteiger partial charge in [-0.1, -0.05) is 30.3 Å². The van der Waals surface area contributed by atoms with E-state index in [-0.39, 0.29) is 11.8 Å². The van der Waals surface area contributed by atoms with Gasteiger partial charge in [-0.25, -0.2) is 0 Å². The molecule has 1 N–H and O–H groups in total. The zero-order valence-electron chi connectivity index (χ0n) is 14.1. The number of carbonyl (C=O) groups is 2. The van der Waals surface area contributed by atoms with Crippen LogP contribution >= 0.6 is 11.3 Å². The molecule has 0 saturated carbocycles. The molecule has 2 aromatic rings. The number of carbonyl (C=O) groups excluding carboxylic acids is 2. The first-order chi connectivity index (χ1) is 12.2. The minimum absolute atomic E-state index is 0.0470. The summed E-state index contributed by atoms with van der Waals surface area (Å²) >= 11 is 1.60. The maximum absolute atomic E-state index is 12.9. The van der Waals surface area contributed by atoms with E-state index in [2.05, 4.69) is 5.32 Å². The van der Waals surface area contributed by atoms with Gasteiger partial charge in [0.1, 0.15) is 6.04 Å². The average Bonchev–Trinajstić information content (AvgIpc) is 3.06. The molecule has 1 fully saturated rings. The van der Waals surface area contributed by atoms with Crippen LogP contribution in [0.25, 0.3) is 6.08 Å². The third kappa shape index (κ3) is 4.79. The van der Waals surface area contributed by atoms with Crippen LogP contribution in [-0.2, 0) is 16.1 Å². The minimum Gasteiger partial charge on any atom is -0.354 e. The lowest BCUT2D eigenvalue weighted by Gasteiger charge is -2.28. The van der Waals surface area contributed by atoms with Gasteiger partial charge in [0, 0.05) is 19.2 Å². The normalized spacial score (nSPS) is 17.9. The predicted octanol–water partition coefficient (Wildman–Crippen LogP) is 3.46. The number of rotatable bonds is 5. The van der Waals surface area contributed by atoms with Gasteiger partial charge in [0.05, 0.1) is 0 Å². The molecule has 0 aliphatic carbocycles. The van der Waals surface area contributed by atoms with Gasteiger partial charge in [-0.15, -0.1) is 0 Å². The van der Waals surface area contributed by atoms with Crippen molar-refractivity contribution in [3.63, 3.8) is 0 Å². The van der Waals surface area contributed by atoms with Gasteiger partial charge in [-0.05, 0) is 53.3 Å². The monoisotopic (exact) mass is 354 g/mol. The maximum Gasteiger partial charge on any atom is 0.247 e. The van der Waals surface area contributed by atoms with Crippen molar-refractivity contribution < 1.29 is 9.59 Å². The Labute approximate surface area is 152 Å². The topological polar surface area (TPSA) is 49.4 Å². The van der Waals surface area contributed by atoms with Gasteiger partial charge in [0.15, 0.2) is 0 Å². The van der Waals surface area contributed by atoms with E-state index in [1.165, 1.54) is 0 Å². The van der Waals surface area contributed by atoms with Gasteiger partial charge in [-0.3, -0.25) is 9.59 Å². The molecule has 0 radical (unpaired) electrons. The molecule has 4 nitrogen and oxygen atoms in total. The molecule has 2 heterocycles. The van der Waals surface area contributed by atoms with Crippen molar-refractivity contribution in [2.75, 3.05) is 6.54 Å². The van der Waals surface area contributed by atoms with Crippen LogP contribution in [0.4, 0.5) is 0 Å². The van der Waals surface area contributed by atoms with Crippen LogP contribution in [0.5, 0.6) is 0 Å². The van der Waals surface area contributed by atoms with Crippen molar-refractivity contribution in [1.82, 2.24) is 10.2 Å². The second-order valence-electron chi connectivity index (χ2n) is 6.14. The van der Waals surface area contributed by atoms with E-state index in [0.717, 1.165) is 24.0 Å². The second kappa shape index (κ2) is 8.62. The molecule has 1 unspecified atom stereocenters. The van der Waals surface area contributed by atoms with E-state index >= 15 is 0 Å². The molecule has 25 heavy (non-hydrogen) atoms. The minimum atomic E-state index is -0.407. The second-order valence-corrected chi connectivity index (χ2v) is 6.92. The molecule has 1 aromatic carbocycles. The fraction of sp³-hybridized carbons (Fsp3) is 0.300. The Morgan fingerprint density at radius 1 is 1.24 bits per heavy atom.